The van der Waals surface area contributed by atoms with E-state index in [1.54, 1.807) is 33.9 Å². The van der Waals surface area contributed by atoms with E-state index in [9.17, 15) is 0 Å². The number of benzene rings is 3. The molecule has 182 valence electrons. The first-order valence-corrected chi connectivity index (χ1v) is 11.5. The van der Waals surface area contributed by atoms with Crippen molar-refractivity contribution in [2.75, 3.05) is 26.6 Å². The van der Waals surface area contributed by atoms with Crippen molar-refractivity contribution in [3.8, 4) is 34.2 Å². The Hall–Kier alpha value is -4.59. The van der Waals surface area contributed by atoms with Crippen molar-refractivity contribution in [1.82, 2.24) is 19.5 Å². The fourth-order valence-corrected chi connectivity index (χ4v) is 4.19. The minimum Gasteiger partial charge on any atom is -0.493 e. The molecule has 2 aromatic heterocycles. The number of anilines is 1. The molecule has 0 spiro atoms. The standard InChI is InChI=1S/C28H27N5O3/c1-18(19-8-6-5-7-9-19)31-28-29-13-12-26(32-28)33-17-30-22-14-20(10-11-23(22)33)21-15-24(34-2)27(36-4)25(16-21)35-3/h5-18H,1-4H3,(H,29,31,32)/t18-/m0/s1. The van der Waals surface area contributed by atoms with Crippen LogP contribution >= 0.6 is 0 Å². The van der Waals surface area contributed by atoms with Crippen LogP contribution in [0.25, 0.3) is 28.0 Å². The summed E-state index contributed by atoms with van der Waals surface area (Å²) in [7, 11) is 4.81. The Morgan fingerprint density at radius 2 is 1.56 bits per heavy atom. The zero-order valence-electron chi connectivity index (χ0n) is 20.6. The number of nitrogens with one attached hydrogen (secondary N) is 1. The van der Waals surface area contributed by atoms with E-state index in [1.807, 2.05) is 59.2 Å². The first-order chi connectivity index (χ1) is 17.6. The molecule has 1 atom stereocenters. The summed E-state index contributed by atoms with van der Waals surface area (Å²) in [5.74, 6) is 3.05. The highest BCUT2D eigenvalue weighted by Gasteiger charge is 2.15. The van der Waals surface area contributed by atoms with Crippen molar-refractivity contribution < 1.29 is 14.2 Å². The van der Waals surface area contributed by atoms with Gasteiger partial charge in [-0.1, -0.05) is 36.4 Å². The predicted octanol–water partition coefficient (Wildman–Crippen LogP) is 5.68. The van der Waals surface area contributed by atoms with Gasteiger partial charge in [0.2, 0.25) is 11.7 Å². The number of fused-ring (bicyclic) bond motifs is 1. The van der Waals surface area contributed by atoms with E-state index in [1.165, 1.54) is 5.56 Å². The fraction of sp³-hybridized carbons (Fsp3) is 0.179. The summed E-state index contributed by atoms with van der Waals surface area (Å²) in [5, 5.41) is 3.38. The highest BCUT2D eigenvalue weighted by molar-refractivity contribution is 5.84. The summed E-state index contributed by atoms with van der Waals surface area (Å²) in [6.07, 6.45) is 3.52. The van der Waals surface area contributed by atoms with Crippen LogP contribution in [0.15, 0.2) is 79.3 Å². The van der Waals surface area contributed by atoms with Gasteiger partial charge >= 0.3 is 0 Å². The van der Waals surface area contributed by atoms with Gasteiger partial charge < -0.3 is 19.5 Å². The third-order valence-corrected chi connectivity index (χ3v) is 6.08. The minimum absolute atomic E-state index is 0.0713. The van der Waals surface area contributed by atoms with E-state index >= 15 is 0 Å². The molecule has 0 aliphatic rings. The van der Waals surface area contributed by atoms with E-state index in [4.69, 9.17) is 19.2 Å². The lowest BCUT2D eigenvalue weighted by Gasteiger charge is -2.15. The number of hydrogen-bond acceptors (Lipinski definition) is 7. The number of nitrogens with zero attached hydrogens (tertiary/aromatic N) is 4. The number of rotatable bonds is 8. The Labute approximate surface area is 209 Å². The van der Waals surface area contributed by atoms with Gasteiger partial charge in [-0.25, -0.2) is 9.97 Å². The van der Waals surface area contributed by atoms with Gasteiger partial charge in [-0.05, 0) is 53.9 Å². The first-order valence-electron chi connectivity index (χ1n) is 11.5. The molecule has 5 aromatic rings. The van der Waals surface area contributed by atoms with Gasteiger partial charge in [-0.3, -0.25) is 4.57 Å². The summed E-state index contributed by atoms with van der Waals surface area (Å²) in [6.45, 7) is 2.09. The van der Waals surface area contributed by atoms with Crippen LogP contribution in [0.3, 0.4) is 0 Å². The average molecular weight is 482 g/mol. The van der Waals surface area contributed by atoms with Crippen LogP contribution < -0.4 is 19.5 Å². The summed E-state index contributed by atoms with van der Waals surface area (Å²) >= 11 is 0. The van der Waals surface area contributed by atoms with Crippen molar-refractivity contribution in [3.63, 3.8) is 0 Å². The Morgan fingerprint density at radius 1 is 0.806 bits per heavy atom. The zero-order valence-corrected chi connectivity index (χ0v) is 20.6. The van der Waals surface area contributed by atoms with Gasteiger partial charge in [0, 0.05) is 6.20 Å². The lowest BCUT2D eigenvalue weighted by Crippen LogP contribution is -2.10. The van der Waals surface area contributed by atoms with Crippen molar-refractivity contribution in [2.24, 2.45) is 0 Å². The average Bonchev–Trinajstić information content (AvgIpc) is 3.36. The predicted molar refractivity (Wildman–Crippen MR) is 140 cm³/mol. The largest absolute Gasteiger partial charge is 0.493 e. The first kappa shape index (κ1) is 23.2. The second kappa shape index (κ2) is 9.95. The zero-order chi connectivity index (χ0) is 25.1. The topological polar surface area (TPSA) is 83.3 Å². The SMILES string of the molecule is COc1cc(-c2ccc3c(c2)ncn3-c2ccnc(N[C@@H](C)c3ccccc3)n2)cc(OC)c1OC. The van der Waals surface area contributed by atoms with Crippen LogP contribution in [-0.2, 0) is 0 Å². The maximum atomic E-state index is 5.51. The Morgan fingerprint density at radius 3 is 2.25 bits per heavy atom. The highest BCUT2D eigenvalue weighted by atomic mass is 16.5. The molecule has 0 radical (unpaired) electrons. The summed E-state index contributed by atoms with van der Waals surface area (Å²) in [6, 6.07) is 22.1. The summed E-state index contributed by atoms with van der Waals surface area (Å²) < 4.78 is 18.4. The van der Waals surface area contributed by atoms with E-state index in [0.717, 1.165) is 28.0 Å². The number of imidazole rings is 1. The molecular weight excluding hydrogens is 454 g/mol. The molecule has 0 fully saturated rings. The Bertz CT molecular complexity index is 1480. The maximum absolute atomic E-state index is 5.51. The fourth-order valence-electron chi connectivity index (χ4n) is 4.19. The second-order valence-electron chi connectivity index (χ2n) is 8.25. The molecule has 0 amide bonds. The smallest absolute Gasteiger partial charge is 0.225 e. The molecule has 8 nitrogen and oxygen atoms in total. The number of aromatic nitrogens is 4. The molecule has 0 unspecified atom stereocenters. The van der Waals surface area contributed by atoms with Gasteiger partial charge in [-0.15, -0.1) is 0 Å². The molecular formula is C28H27N5O3. The molecule has 5 rings (SSSR count). The molecule has 8 heteroatoms. The molecule has 2 heterocycles. The molecule has 36 heavy (non-hydrogen) atoms. The van der Waals surface area contributed by atoms with Crippen molar-refractivity contribution >= 4 is 17.0 Å². The van der Waals surface area contributed by atoms with Crippen LogP contribution in [0.1, 0.15) is 18.5 Å². The van der Waals surface area contributed by atoms with Crippen molar-refractivity contribution in [2.45, 2.75) is 13.0 Å². The Balaban J connectivity index is 1.46. The van der Waals surface area contributed by atoms with Gasteiger partial charge in [0.1, 0.15) is 12.1 Å². The normalized spacial score (nSPS) is 11.8. The molecule has 0 aliphatic carbocycles. The molecule has 0 aliphatic heterocycles. The summed E-state index contributed by atoms with van der Waals surface area (Å²) in [4.78, 5) is 13.8. The molecule has 3 aromatic carbocycles. The molecule has 0 bridgehead atoms. The van der Waals surface area contributed by atoms with Gasteiger partial charge in [0.05, 0.1) is 38.4 Å². The Kier molecular flexibility index (Phi) is 6.40. The third kappa shape index (κ3) is 4.40. The van der Waals surface area contributed by atoms with Crippen LogP contribution in [-0.4, -0.2) is 40.8 Å². The van der Waals surface area contributed by atoms with Crippen LogP contribution in [0, 0.1) is 0 Å². The van der Waals surface area contributed by atoms with E-state index in [2.05, 4.69) is 34.3 Å². The minimum atomic E-state index is 0.0713. The van der Waals surface area contributed by atoms with E-state index in [0.29, 0.717) is 23.2 Å². The second-order valence-corrected chi connectivity index (χ2v) is 8.25. The van der Waals surface area contributed by atoms with E-state index in [-0.39, 0.29) is 6.04 Å². The third-order valence-electron chi connectivity index (χ3n) is 6.08. The van der Waals surface area contributed by atoms with Gasteiger partial charge in [0.25, 0.3) is 0 Å². The van der Waals surface area contributed by atoms with Crippen molar-refractivity contribution in [1.29, 1.82) is 0 Å². The highest BCUT2D eigenvalue weighted by Crippen LogP contribution is 2.41. The van der Waals surface area contributed by atoms with Crippen LogP contribution in [0.4, 0.5) is 5.95 Å². The molecule has 0 saturated carbocycles. The number of ether oxygens (including phenoxy) is 3. The van der Waals surface area contributed by atoms with E-state index < -0.39 is 0 Å². The molecule has 0 saturated heterocycles. The van der Waals surface area contributed by atoms with Crippen LogP contribution in [0.2, 0.25) is 0 Å². The summed E-state index contributed by atoms with van der Waals surface area (Å²) in [5.41, 5.74) is 4.86. The number of hydrogen-bond donors (Lipinski definition) is 1. The quantitative estimate of drug-likeness (QED) is 0.305. The van der Waals surface area contributed by atoms with Gasteiger partial charge in [-0.2, -0.15) is 4.98 Å². The lowest BCUT2D eigenvalue weighted by atomic mass is 10.0. The maximum Gasteiger partial charge on any atom is 0.225 e. The van der Waals surface area contributed by atoms with Crippen LogP contribution in [0.5, 0.6) is 17.2 Å². The monoisotopic (exact) mass is 481 g/mol. The van der Waals surface area contributed by atoms with Gasteiger partial charge in [0.15, 0.2) is 11.5 Å². The molecule has 1 N–H and O–H groups in total. The lowest BCUT2D eigenvalue weighted by molar-refractivity contribution is 0.324. The van der Waals surface area contributed by atoms with Crippen molar-refractivity contribution in [3.05, 3.63) is 84.8 Å². The number of methoxy groups -OCH3 is 3.